The van der Waals surface area contributed by atoms with Crippen molar-refractivity contribution in [2.24, 2.45) is 5.41 Å². The third-order valence-electron chi connectivity index (χ3n) is 10.6. The number of rotatable bonds is 6. The molecule has 3 aliphatic rings. The smallest absolute Gasteiger partial charge is 0.324 e. The number of nitrogens with zero attached hydrogens (tertiary/aromatic N) is 4. The lowest BCUT2D eigenvalue weighted by atomic mass is 9.84. The first-order valence-corrected chi connectivity index (χ1v) is 19.7. The maximum absolute atomic E-state index is 14.2. The topological polar surface area (TPSA) is 146 Å². The zero-order chi connectivity index (χ0) is 38.1. The van der Waals surface area contributed by atoms with Crippen LogP contribution in [0.3, 0.4) is 0 Å². The van der Waals surface area contributed by atoms with E-state index in [2.05, 4.69) is 60.3 Å². The van der Waals surface area contributed by atoms with Crippen LogP contribution in [0.5, 0.6) is 0 Å². The summed E-state index contributed by atoms with van der Waals surface area (Å²) in [5.74, 6) is -1.21. The lowest BCUT2D eigenvalue weighted by Gasteiger charge is -2.36. The number of ether oxygens (including phenoxy) is 4. The Morgan fingerprint density at radius 2 is 2.02 bits per heavy atom. The highest BCUT2D eigenvalue weighted by Gasteiger charge is 2.38. The molecular formula is C40H50N6O7S. The van der Waals surface area contributed by atoms with Crippen molar-refractivity contribution >= 4 is 40.0 Å². The number of methoxy groups -OCH3 is 1. The Morgan fingerprint density at radius 1 is 1.20 bits per heavy atom. The second-order valence-electron chi connectivity index (χ2n) is 15.1. The van der Waals surface area contributed by atoms with E-state index in [1.807, 2.05) is 18.4 Å². The van der Waals surface area contributed by atoms with Crippen LogP contribution in [-0.4, -0.2) is 95.1 Å². The van der Waals surface area contributed by atoms with Crippen molar-refractivity contribution in [2.45, 2.75) is 97.2 Å². The number of esters is 1. The molecule has 2 saturated heterocycles. The molecule has 3 aliphatic heterocycles. The predicted molar refractivity (Wildman–Crippen MR) is 204 cm³/mol. The number of cyclic esters (lactones) is 1. The number of hydrazine groups is 1. The van der Waals surface area contributed by atoms with Gasteiger partial charge in [0.15, 0.2) is 6.10 Å². The lowest BCUT2D eigenvalue weighted by Crippen LogP contribution is -2.61. The van der Waals surface area contributed by atoms with Crippen LogP contribution >= 0.6 is 11.3 Å². The van der Waals surface area contributed by atoms with Gasteiger partial charge in [0, 0.05) is 65.6 Å². The molecule has 6 heterocycles. The number of nitrogens with one attached hydrogen (secondary N) is 2. The van der Waals surface area contributed by atoms with Crippen LogP contribution in [0.1, 0.15) is 69.8 Å². The van der Waals surface area contributed by atoms with Gasteiger partial charge in [-0.3, -0.25) is 24.4 Å². The zero-order valence-corrected chi connectivity index (χ0v) is 32.7. The molecule has 6 bridgehead atoms. The van der Waals surface area contributed by atoms with Crippen molar-refractivity contribution in [3.8, 4) is 22.5 Å². The van der Waals surface area contributed by atoms with Crippen LogP contribution in [0.15, 0.2) is 41.9 Å². The summed E-state index contributed by atoms with van der Waals surface area (Å²) >= 11 is 1.44. The monoisotopic (exact) mass is 758 g/mol. The SMILES string of the molecule is CCn1c(-c2cccnc2[C@H](C)OC)c2c3cc(ccc31)-c1csc(n1)C[C@H](NC(=O)[C@H]1OCCO[C@@H]1C)C(=O)N1CCC[C@H](N1)C(=O)OCC(C)(C)C2. The summed E-state index contributed by atoms with van der Waals surface area (Å²) in [5, 5.41) is 8.14. The first kappa shape index (κ1) is 38.1. The molecule has 0 aliphatic carbocycles. The van der Waals surface area contributed by atoms with E-state index in [0.29, 0.717) is 37.4 Å². The summed E-state index contributed by atoms with van der Waals surface area (Å²) in [7, 11) is 1.69. The second-order valence-corrected chi connectivity index (χ2v) is 16.1. The number of carbonyl (C=O) groups excluding carboxylic acids is 3. The average molecular weight is 759 g/mol. The summed E-state index contributed by atoms with van der Waals surface area (Å²) in [6.07, 6.45) is 2.12. The predicted octanol–water partition coefficient (Wildman–Crippen LogP) is 5.01. The number of carbonyl (C=O) groups is 3. The maximum Gasteiger partial charge on any atom is 0.324 e. The number of amides is 2. The van der Waals surface area contributed by atoms with E-state index in [0.717, 1.165) is 51.2 Å². The Kier molecular flexibility index (Phi) is 11.2. The summed E-state index contributed by atoms with van der Waals surface area (Å²) in [5.41, 5.74) is 9.48. The number of benzene rings is 1. The average Bonchev–Trinajstić information content (AvgIpc) is 3.77. The van der Waals surface area contributed by atoms with Crippen molar-refractivity contribution in [1.82, 2.24) is 30.3 Å². The minimum Gasteiger partial charge on any atom is -0.464 e. The molecule has 14 heteroatoms. The highest BCUT2D eigenvalue weighted by molar-refractivity contribution is 7.10. The van der Waals surface area contributed by atoms with E-state index in [9.17, 15) is 14.4 Å². The fourth-order valence-electron chi connectivity index (χ4n) is 7.74. The third-order valence-corrected chi connectivity index (χ3v) is 11.5. The molecule has 2 fully saturated rings. The van der Waals surface area contributed by atoms with Crippen molar-refractivity contribution < 1.29 is 33.3 Å². The Labute approximate surface area is 319 Å². The van der Waals surface area contributed by atoms with Gasteiger partial charge in [-0.05, 0) is 69.9 Å². The molecule has 288 valence electrons. The quantitative estimate of drug-likeness (QED) is 0.258. The first-order chi connectivity index (χ1) is 26.0. The highest BCUT2D eigenvalue weighted by atomic mass is 32.1. The fourth-order valence-corrected chi connectivity index (χ4v) is 8.59. The largest absolute Gasteiger partial charge is 0.464 e. The highest BCUT2D eigenvalue weighted by Crippen LogP contribution is 2.42. The number of aryl methyl sites for hydroxylation is 1. The van der Waals surface area contributed by atoms with Gasteiger partial charge in [0.2, 0.25) is 0 Å². The minimum atomic E-state index is -0.965. The van der Waals surface area contributed by atoms with Crippen LogP contribution in [0.25, 0.3) is 33.4 Å². The van der Waals surface area contributed by atoms with Gasteiger partial charge in [-0.15, -0.1) is 11.3 Å². The van der Waals surface area contributed by atoms with E-state index >= 15 is 0 Å². The molecule has 4 aromatic rings. The number of thiazole rings is 1. The molecule has 0 radical (unpaired) electrons. The van der Waals surface area contributed by atoms with Crippen molar-refractivity contribution in [3.05, 3.63) is 58.2 Å². The molecule has 7 rings (SSSR count). The Balaban J connectivity index is 1.34. The molecule has 0 saturated carbocycles. The molecule has 2 N–H and O–H groups in total. The minimum absolute atomic E-state index is 0.157. The van der Waals surface area contributed by atoms with Crippen LogP contribution in [0.2, 0.25) is 0 Å². The van der Waals surface area contributed by atoms with E-state index < -0.39 is 41.6 Å². The summed E-state index contributed by atoms with van der Waals surface area (Å²) in [4.78, 5) is 51.2. The van der Waals surface area contributed by atoms with Crippen LogP contribution in [0.4, 0.5) is 0 Å². The zero-order valence-electron chi connectivity index (χ0n) is 31.8. The van der Waals surface area contributed by atoms with Gasteiger partial charge in [-0.25, -0.2) is 10.4 Å². The molecule has 5 atom stereocenters. The van der Waals surface area contributed by atoms with Crippen molar-refractivity contribution in [3.63, 3.8) is 0 Å². The molecule has 1 aromatic carbocycles. The van der Waals surface area contributed by atoms with Crippen LogP contribution in [0, 0.1) is 5.41 Å². The van der Waals surface area contributed by atoms with Gasteiger partial charge in [0.25, 0.3) is 11.8 Å². The van der Waals surface area contributed by atoms with Gasteiger partial charge in [0.1, 0.15) is 12.1 Å². The number of fused-ring (bicyclic) bond motifs is 6. The molecule has 0 unspecified atom stereocenters. The summed E-state index contributed by atoms with van der Waals surface area (Å²) in [6.45, 7) is 12.1. The van der Waals surface area contributed by atoms with E-state index in [-0.39, 0.29) is 31.6 Å². The molecule has 3 aromatic heterocycles. The van der Waals surface area contributed by atoms with Gasteiger partial charge >= 0.3 is 5.97 Å². The first-order valence-electron chi connectivity index (χ1n) is 18.8. The molecule has 0 spiro atoms. The number of pyridine rings is 1. The van der Waals surface area contributed by atoms with Crippen molar-refractivity contribution in [1.29, 1.82) is 0 Å². The molecule has 2 amide bonds. The second kappa shape index (κ2) is 15.9. The Morgan fingerprint density at radius 3 is 2.80 bits per heavy atom. The number of aromatic nitrogens is 3. The third kappa shape index (κ3) is 7.67. The molecular weight excluding hydrogens is 709 g/mol. The van der Waals surface area contributed by atoms with Crippen molar-refractivity contribution in [2.75, 3.05) is 33.5 Å². The summed E-state index contributed by atoms with van der Waals surface area (Å²) in [6, 6.07) is 8.79. The normalized spacial score (nSPS) is 24.1. The number of hydrogen-bond acceptors (Lipinski definition) is 11. The maximum atomic E-state index is 14.2. The van der Waals surface area contributed by atoms with E-state index in [1.165, 1.54) is 16.3 Å². The van der Waals surface area contributed by atoms with Gasteiger partial charge in [-0.2, -0.15) is 0 Å². The van der Waals surface area contributed by atoms with E-state index in [1.54, 1.807) is 20.2 Å². The standard InChI is InChI=1S/C40H50N6O7S/c1-7-45-32-13-12-25-18-27(32)28(35(45)26-10-8-14-41-34(26)23(2)50-6)20-40(4,5)22-53-39(49)29-11-9-15-46(44-29)38(48)30(19-33-42-31(25)21-54-33)43-37(47)36-24(3)51-16-17-52-36/h8,10,12-14,18,21,23-24,29-30,36,44H,7,9,11,15-17,19-20,22H2,1-6H3,(H,43,47)/t23-,24+,29-,30-,36-/m0/s1. The fraction of sp³-hybridized carbons (Fsp3) is 0.525. The lowest BCUT2D eigenvalue weighted by molar-refractivity contribution is -0.164. The van der Waals surface area contributed by atoms with Crippen LogP contribution < -0.4 is 10.7 Å². The van der Waals surface area contributed by atoms with E-state index in [4.69, 9.17) is 28.9 Å². The summed E-state index contributed by atoms with van der Waals surface area (Å²) < 4.78 is 25.6. The Hall–Kier alpha value is -4.21. The molecule has 13 nitrogen and oxygen atoms in total. The number of hydrogen-bond donors (Lipinski definition) is 2. The van der Waals surface area contributed by atoms with Gasteiger partial charge < -0.3 is 28.8 Å². The Bertz CT molecular complexity index is 2030. The van der Waals surface area contributed by atoms with Crippen LogP contribution in [-0.2, 0) is 52.7 Å². The van der Waals surface area contributed by atoms with Gasteiger partial charge in [-0.1, -0.05) is 19.9 Å². The van der Waals surface area contributed by atoms with Gasteiger partial charge in [0.05, 0.1) is 54.1 Å². The molecule has 54 heavy (non-hydrogen) atoms.